The third kappa shape index (κ3) is 3.20. The fourth-order valence-corrected chi connectivity index (χ4v) is 1.79. The highest BCUT2D eigenvalue weighted by Gasteiger charge is 2.02. The van der Waals surface area contributed by atoms with Crippen LogP contribution in [0.1, 0.15) is 23.6 Å². The van der Waals surface area contributed by atoms with Crippen LogP contribution >= 0.6 is 0 Å². The van der Waals surface area contributed by atoms with E-state index in [1.165, 1.54) is 0 Å². The summed E-state index contributed by atoms with van der Waals surface area (Å²) in [5, 5.41) is 7.67. The maximum Gasteiger partial charge on any atom is 0.120 e. The van der Waals surface area contributed by atoms with Crippen molar-refractivity contribution in [2.24, 2.45) is 0 Å². The maximum atomic E-state index is 7.67. The summed E-state index contributed by atoms with van der Waals surface area (Å²) >= 11 is 0. The second-order valence-electron chi connectivity index (χ2n) is 4.43. The Morgan fingerprint density at radius 1 is 1.11 bits per heavy atom. The number of hydrogen-bond donors (Lipinski definition) is 1. The average molecular weight is 239 g/mol. The summed E-state index contributed by atoms with van der Waals surface area (Å²) < 4.78 is 5.77. The molecule has 2 rings (SSSR count). The van der Waals surface area contributed by atoms with Gasteiger partial charge in [0.2, 0.25) is 0 Å². The monoisotopic (exact) mass is 239 g/mol. The molecule has 18 heavy (non-hydrogen) atoms. The molecule has 2 aromatic rings. The molecule has 2 heteroatoms. The molecule has 0 heterocycles. The first-order chi connectivity index (χ1) is 8.65. The van der Waals surface area contributed by atoms with Gasteiger partial charge in [-0.05, 0) is 48.7 Å². The van der Waals surface area contributed by atoms with E-state index < -0.39 is 0 Å². The Morgan fingerprint density at radius 2 is 1.83 bits per heavy atom. The Balaban J connectivity index is 2.12. The number of benzene rings is 2. The van der Waals surface area contributed by atoms with Crippen LogP contribution in [0.15, 0.2) is 48.5 Å². The van der Waals surface area contributed by atoms with E-state index in [4.69, 9.17) is 10.1 Å². The Labute approximate surface area is 108 Å². The van der Waals surface area contributed by atoms with Gasteiger partial charge in [0.25, 0.3) is 0 Å². The van der Waals surface area contributed by atoms with Gasteiger partial charge in [-0.15, -0.1) is 0 Å². The maximum absolute atomic E-state index is 7.67. The van der Waals surface area contributed by atoms with Crippen molar-refractivity contribution in [2.75, 3.05) is 0 Å². The van der Waals surface area contributed by atoms with Gasteiger partial charge in [-0.1, -0.05) is 30.3 Å². The van der Waals surface area contributed by atoms with Crippen molar-refractivity contribution in [3.8, 4) is 5.75 Å². The average Bonchev–Trinajstić information content (AvgIpc) is 2.37. The van der Waals surface area contributed by atoms with Gasteiger partial charge in [0.05, 0.1) is 0 Å². The SMILES string of the molecule is CC(=N)c1cc(C)cc(OCc2ccccc2)c1. The lowest BCUT2D eigenvalue weighted by Gasteiger charge is -2.09. The van der Waals surface area contributed by atoms with Gasteiger partial charge in [0.15, 0.2) is 0 Å². The van der Waals surface area contributed by atoms with Gasteiger partial charge in [-0.3, -0.25) is 0 Å². The van der Waals surface area contributed by atoms with Crippen LogP contribution in [0.3, 0.4) is 0 Å². The van der Waals surface area contributed by atoms with Gasteiger partial charge >= 0.3 is 0 Å². The number of aryl methyl sites for hydroxylation is 1. The minimum Gasteiger partial charge on any atom is -0.489 e. The van der Waals surface area contributed by atoms with Gasteiger partial charge in [0.1, 0.15) is 12.4 Å². The molecule has 0 radical (unpaired) electrons. The lowest BCUT2D eigenvalue weighted by molar-refractivity contribution is 0.306. The zero-order valence-corrected chi connectivity index (χ0v) is 10.7. The Hall–Kier alpha value is -2.09. The van der Waals surface area contributed by atoms with E-state index in [1.54, 1.807) is 6.92 Å². The Morgan fingerprint density at radius 3 is 2.50 bits per heavy atom. The molecule has 0 amide bonds. The molecule has 0 bridgehead atoms. The molecule has 0 spiro atoms. The smallest absolute Gasteiger partial charge is 0.120 e. The second kappa shape index (κ2) is 5.50. The van der Waals surface area contributed by atoms with Crippen LogP contribution in [0, 0.1) is 12.3 Å². The summed E-state index contributed by atoms with van der Waals surface area (Å²) in [7, 11) is 0. The zero-order valence-electron chi connectivity index (χ0n) is 10.7. The zero-order chi connectivity index (χ0) is 13.0. The minimum absolute atomic E-state index is 0.556. The normalized spacial score (nSPS) is 10.1. The Bertz CT molecular complexity index is 546. The van der Waals surface area contributed by atoms with Gasteiger partial charge < -0.3 is 10.1 Å². The van der Waals surface area contributed by atoms with Crippen LogP contribution in [-0.2, 0) is 6.61 Å². The van der Waals surface area contributed by atoms with E-state index in [2.05, 4.69) is 0 Å². The molecule has 92 valence electrons. The molecule has 0 aromatic heterocycles. The van der Waals surface area contributed by atoms with Crippen LogP contribution in [0.4, 0.5) is 0 Å². The summed E-state index contributed by atoms with van der Waals surface area (Å²) in [5.41, 5.74) is 3.73. The topological polar surface area (TPSA) is 33.1 Å². The van der Waals surface area contributed by atoms with E-state index in [9.17, 15) is 0 Å². The molecule has 0 unspecified atom stereocenters. The predicted octanol–water partition coefficient (Wildman–Crippen LogP) is 3.96. The predicted molar refractivity (Wildman–Crippen MR) is 74.5 cm³/mol. The fourth-order valence-electron chi connectivity index (χ4n) is 1.79. The third-order valence-electron chi connectivity index (χ3n) is 2.73. The standard InChI is InChI=1S/C16H17NO/c1-12-8-15(13(2)17)10-16(9-12)18-11-14-6-4-3-5-7-14/h3-10,17H,11H2,1-2H3. The highest BCUT2D eigenvalue weighted by Crippen LogP contribution is 2.18. The summed E-state index contributed by atoms with van der Waals surface area (Å²) in [6.45, 7) is 4.36. The molecule has 2 nitrogen and oxygen atoms in total. The molecule has 0 saturated heterocycles. The van der Waals surface area contributed by atoms with Gasteiger partial charge in [-0.25, -0.2) is 0 Å². The van der Waals surface area contributed by atoms with Crippen molar-refractivity contribution in [1.82, 2.24) is 0 Å². The molecular formula is C16H17NO. The number of rotatable bonds is 4. The number of hydrogen-bond acceptors (Lipinski definition) is 2. The van der Waals surface area contributed by atoms with Crippen molar-refractivity contribution >= 4 is 5.71 Å². The van der Waals surface area contributed by atoms with Crippen molar-refractivity contribution < 1.29 is 4.74 Å². The summed E-state index contributed by atoms with van der Waals surface area (Å²) in [5.74, 6) is 0.820. The molecule has 0 aliphatic heterocycles. The molecule has 2 aromatic carbocycles. The van der Waals surface area contributed by atoms with Gasteiger partial charge in [0, 0.05) is 5.71 Å². The van der Waals surface area contributed by atoms with E-state index in [0.717, 1.165) is 22.4 Å². The largest absolute Gasteiger partial charge is 0.489 e. The van der Waals surface area contributed by atoms with Crippen molar-refractivity contribution in [3.63, 3.8) is 0 Å². The molecule has 0 aliphatic carbocycles. The number of nitrogens with one attached hydrogen (secondary N) is 1. The Kier molecular flexibility index (Phi) is 3.78. The highest BCUT2D eigenvalue weighted by atomic mass is 16.5. The van der Waals surface area contributed by atoms with Crippen LogP contribution in [0.25, 0.3) is 0 Å². The first kappa shape index (κ1) is 12.4. The van der Waals surface area contributed by atoms with Gasteiger partial charge in [-0.2, -0.15) is 0 Å². The van der Waals surface area contributed by atoms with E-state index in [1.807, 2.05) is 55.5 Å². The molecular weight excluding hydrogens is 222 g/mol. The minimum atomic E-state index is 0.556. The second-order valence-corrected chi connectivity index (χ2v) is 4.43. The molecule has 1 N–H and O–H groups in total. The first-order valence-corrected chi connectivity index (χ1v) is 5.99. The van der Waals surface area contributed by atoms with Crippen LogP contribution < -0.4 is 4.74 Å². The van der Waals surface area contributed by atoms with Crippen LogP contribution in [0.5, 0.6) is 5.75 Å². The van der Waals surface area contributed by atoms with E-state index >= 15 is 0 Å². The van der Waals surface area contributed by atoms with E-state index in [0.29, 0.717) is 12.3 Å². The molecule has 0 fully saturated rings. The summed E-state index contributed by atoms with van der Waals surface area (Å²) in [4.78, 5) is 0. The fraction of sp³-hybridized carbons (Fsp3) is 0.188. The third-order valence-corrected chi connectivity index (χ3v) is 2.73. The first-order valence-electron chi connectivity index (χ1n) is 5.99. The van der Waals surface area contributed by atoms with E-state index in [-0.39, 0.29) is 0 Å². The summed E-state index contributed by atoms with van der Waals surface area (Å²) in [6.07, 6.45) is 0. The van der Waals surface area contributed by atoms with Crippen LogP contribution in [-0.4, -0.2) is 5.71 Å². The van der Waals surface area contributed by atoms with Crippen molar-refractivity contribution in [3.05, 3.63) is 65.2 Å². The highest BCUT2D eigenvalue weighted by molar-refractivity contribution is 5.96. The van der Waals surface area contributed by atoms with Crippen molar-refractivity contribution in [1.29, 1.82) is 5.41 Å². The molecule has 0 saturated carbocycles. The number of ether oxygens (including phenoxy) is 1. The van der Waals surface area contributed by atoms with Crippen molar-refractivity contribution in [2.45, 2.75) is 20.5 Å². The molecule has 0 atom stereocenters. The lowest BCUT2D eigenvalue weighted by Crippen LogP contribution is -1.98. The van der Waals surface area contributed by atoms with Crippen LogP contribution in [0.2, 0.25) is 0 Å². The quantitative estimate of drug-likeness (QED) is 0.805. The molecule has 0 aliphatic rings. The summed E-state index contributed by atoms with van der Waals surface area (Å²) in [6, 6.07) is 16.0. The lowest BCUT2D eigenvalue weighted by atomic mass is 10.1.